The third-order valence-electron chi connectivity index (χ3n) is 2.48. The van der Waals surface area contributed by atoms with Gasteiger partial charge in [0, 0.05) is 17.8 Å². The highest BCUT2D eigenvalue weighted by Gasteiger charge is 2.17. The highest BCUT2D eigenvalue weighted by molar-refractivity contribution is 7.99. The standard InChI is InChI=1S/C11H19FN4OS/c1-4-13-11-14-5-8(12)10(16-11)15-7(2)9(6-17)18-3/h5,7,9,17H,4,6H2,1-3H3,(H2,13,14,15,16). The first kappa shape index (κ1) is 15.0. The van der Waals surface area contributed by atoms with Gasteiger partial charge in [-0.15, -0.1) is 0 Å². The van der Waals surface area contributed by atoms with Crippen LogP contribution in [0.25, 0.3) is 0 Å². The van der Waals surface area contributed by atoms with E-state index in [-0.39, 0.29) is 23.7 Å². The second-order valence-electron chi connectivity index (χ2n) is 3.81. The second kappa shape index (κ2) is 7.38. The predicted octanol–water partition coefficient (Wildman–Crippen LogP) is 1.57. The molecular weight excluding hydrogens is 255 g/mol. The summed E-state index contributed by atoms with van der Waals surface area (Å²) >= 11 is 1.52. The average molecular weight is 274 g/mol. The number of aliphatic hydroxyl groups is 1. The number of nitrogens with zero attached hydrogens (tertiary/aromatic N) is 2. The van der Waals surface area contributed by atoms with Crippen LogP contribution in [0, 0.1) is 5.82 Å². The molecule has 0 aliphatic heterocycles. The van der Waals surface area contributed by atoms with Gasteiger partial charge in [-0.05, 0) is 20.1 Å². The van der Waals surface area contributed by atoms with E-state index in [1.54, 1.807) is 0 Å². The van der Waals surface area contributed by atoms with Crippen molar-refractivity contribution in [3.05, 3.63) is 12.0 Å². The van der Waals surface area contributed by atoms with Crippen molar-refractivity contribution in [2.45, 2.75) is 25.1 Å². The van der Waals surface area contributed by atoms with Gasteiger partial charge in [-0.25, -0.2) is 9.37 Å². The molecule has 0 aromatic carbocycles. The molecule has 0 aliphatic carbocycles. The summed E-state index contributed by atoms with van der Waals surface area (Å²) in [5.41, 5.74) is 0. The van der Waals surface area contributed by atoms with Gasteiger partial charge in [0.2, 0.25) is 5.95 Å². The Hall–Kier alpha value is -1.08. The average Bonchev–Trinajstić information content (AvgIpc) is 2.35. The van der Waals surface area contributed by atoms with Gasteiger partial charge in [-0.3, -0.25) is 0 Å². The van der Waals surface area contributed by atoms with E-state index in [1.807, 2.05) is 20.1 Å². The number of thioether (sulfide) groups is 1. The van der Waals surface area contributed by atoms with Crippen LogP contribution >= 0.6 is 11.8 Å². The number of nitrogens with one attached hydrogen (secondary N) is 2. The zero-order valence-corrected chi connectivity index (χ0v) is 11.6. The van der Waals surface area contributed by atoms with Crippen molar-refractivity contribution in [3.8, 4) is 0 Å². The Labute approximate surface area is 111 Å². The number of anilines is 2. The third kappa shape index (κ3) is 3.99. The van der Waals surface area contributed by atoms with E-state index >= 15 is 0 Å². The van der Waals surface area contributed by atoms with E-state index in [0.29, 0.717) is 12.5 Å². The van der Waals surface area contributed by atoms with E-state index in [0.717, 1.165) is 6.20 Å². The van der Waals surface area contributed by atoms with Crippen LogP contribution in [-0.2, 0) is 0 Å². The summed E-state index contributed by atoms with van der Waals surface area (Å²) in [7, 11) is 0. The van der Waals surface area contributed by atoms with Crippen LogP contribution in [0.15, 0.2) is 6.20 Å². The first-order valence-corrected chi connectivity index (χ1v) is 7.07. The lowest BCUT2D eigenvalue weighted by atomic mass is 10.2. The Morgan fingerprint density at radius 2 is 2.28 bits per heavy atom. The largest absolute Gasteiger partial charge is 0.395 e. The summed E-state index contributed by atoms with van der Waals surface area (Å²) in [6.07, 6.45) is 3.03. The Kier molecular flexibility index (Phi) is 6.14. The summed E-state index contributed by atoms with van der Waals surface area (Å²) in [5, 5.41) is 15.1. The van der Waals surface area contributed by atoms with Crippen molar-refractivity contribution >= 4 is 23.5 Å². The molecule has 0 radical (unpaired) electrons. The zero-order valence-electron chi connectivity index (χ0n) is 10.8. The van der Waals surface area contributed by atoms with Crippen LogP contribution in [0.4, 0.5) is 16.2 Å². The van der Waals surface area contributed by atoms with E-state index < -0.39 is 5.82 Å². The van der Waals surface area contributed by atoms with E-state index in [9.17, 15) is 9.50 Å². The minimum Gasteiger partial charge on any atom is -0.395 e. The predicted molar refractivity (Wildman–Crippen MR) is 73.6 cm³/mol. The van der Waals surface area contributed by atoms with Crippen molar-refractivity contribution in [3.63, 3.8) is 0 Å². The van der Waals surface area contributed by atoms with Crippen LogP contribution in [0.2, 0.25) is 0 Å². The van der Waals surface area contributed by atoms with Crippen LogP contribution in [0.3, 0.4) is 0 Å². The monoisotopic (exact) mass is 274 g/mol. The van der Waals surface area contributed by atoms with Crippen molar-refractivity contribution in [2.24, 2.45) is 0 Å². The molecule has 1 aromatic rings. The minimum absolute atomic E-state index is 0.0121. The molecule has 0 amide bonds. The molecule has 2 atom stereocenters. The highest BCUT2D eigenvalue weighted by atomic mass is 32.2. The van der Waals surface area contributed by atoms with Gasteiger partial charge in [-0.1, -0.05) is 0 Å². The normalized spacial score (nSPS) is 14.1. The molecule has 0 spiro atoms. The fourth-order valence-electron chi connectivity index (χ4n) is 1.46. The number of hydrogen-bond acceptors (Lipinski definition) is 6. The van der Waals surface area contributed by atoms with Crippen LogP contribution in [0.5, 0.6) is 0 Å². The fraction of sp³-hybridized carbons (Fsp3) is 0.636. The SMILES string of the molecule is CCNc1ncc(F)c(NC(C)C(CO)SC)n1. The molecule has 18 heavy (non-hydrogen) atoms. The van der Waals surface area contributed by atoms with Crippen molar-refractivity contribution < 1.29 is 9.50 Å². The van der Waals surface area contributed by atoms with Crippen LogP contribution in [0.1, 0.15) is 13.8 Å². The minimum atomic E-state index is -0.499. The maximum atomic E-state index is 13.6. The molecule has 1 aromatic heterocycles. The summed E-state index contributed by atoms with van der Waals surface area (Å²) in [5.74, 6) is 0.0422. The van der Waals surface area contributed by atoms with Gasteiger partial charge in [0.05, 0.1) is 12.8 Å². The zero-order chi connectivity index (χ0) is 13.5. The Bertz CT molecular complexity index is 376. The van der Waals surface area contributed by atoms with E-state index in [1.165, 1.54) is 11.8 Å². The fourth-order valence-corrected chi connectivity index (χ4v) is 2.08. The maximum Gasteiger partial charge on any atom is 0.224 e. The number of aromatic nitrogens is 2. The lowest BCUT2D eigenvalue weighted by Gasteiger charge is -2.22. The van der Waals surface area contributed by atoms with Crippen molar-refractivity contribution in [1.82, 2.24) is 9.97 Å². The van der Waals surface area contributed by atoms with Gasteiger partial charge in [0.15, 0.2) is 11.6 Å². The molecule has 0 fully saturated rings. The van der Waals surface area contributed by atoms with Crippen molar-refractivity contribution in [1.29, 1.82) is 0 Å². The summed E-state index contributed by atoms with van der Waals surface area (Å²) < 4.78 is 13.6. The topological polar surface area (TPSA) is 70.1 Å². The first-order chi connectivity index (χ1) is 8.62. The number of hydrogen-bond donors (Lipinski definition) is 3. The Morgan fingerprint density at radius 1 is 1.56 bits per heavy atom. The molecule has 2 unspecified atom stereocenters. The molecule has 0 saturated heterocycles. The molecule has 3 N–H and O–H groups in total. The molecule has 1 rings (SSSR count). The molecule has 0 aliphatic rings. The lowest BCUT2D eigenvalue weighted by molar-refractivity contribution is 0.288. The van der Waals surface area contributed by atoms with Gasteiger partial charge in [0.25, 0.3) is 0 Å². The van der Waals surface area contributed by atoms with Crippen LogP contribution in [-0.4, -0.2) is 45.8 Å². The van der Waals surface area contributed by atoms with Gasteiger partial charge < -0.3 is 15.7 Å². The quantitative estimate of drug-likeness (QED) is 0.701. The molecule has 0 saturated carbocycles. The second-order valence-corrected chi connectivity index (χ2v) is 4.89. The van der Waals surface area contributed by atoms with Gasteiger partial charge >= 0.3 is 0 Å². The Balaban J connectivity index is 2.79. The highest BCUT2D eigenvalue weighted by Crippen LogP contribution is 2.17. The van der Waals surface area contributed by atoms with E-state index in [2.05, 4.69) is 20.6 Å². The molecule has 0 bridgehead atoms. The summed E-state index contributed by atoms with van der Waals surface area (Å²) in [6, 6.07) is -0.0936. The Morgan fingerprint density at radius 3 is 2.83 bits per heavy atom. The molecule has 1 heterocycles. The van der Waals surface area contributed by atoms with E-state index in [4.69, 9.17) is 0 Å². The van der Waals surface area contributed by atoms with Gasteiger partial charge in [0.1, 0.15) is 0 Å². The lowest BCUT2D eigenvalue weighted by Crippen LogP contribution is -2.31. The molecule has 7 heteroatoms. The number of halogens is 1. The smallest absolute Gasteiger partial charge is 0.224 e. The summed E-state index contributed by atoms with van der Waals surface area (Å²) in [6.45, 7) is 4.50. The molecule has 102 valence electrons. The number of aliphatic hydroxyl groups excluding tert-OH is 1. The van der Waals surface area contributed by atoms with Crippen LogP contribution < -0.4 is 10.6 Å². The molecular formula is C11H19FN4OS. The molecule has 5 nitrogen and oxygen atoms in total. The summed E-state index contributed by atoms with van der Waals surface area (Å²) in [4.78, 5) is 7.88. The van der Waals surface area contributed by atoms with Crippen molar-refractivity contribution in [2.75, 3.05) is 30.0 Å². The maximum absolute atomic E-state index is 13.6. The first-order valence-electron chi connectivity index (χ1n) is 5.79. The third-order valence-corrected chi connectivity index (χ3v) is 3.65. The van der Waals surface area contributed by atoms with Gasteiger partial charge in [-0.2, -0.15) is 16.7 Å². The number of rotatable bonds is 7.